The standard InChI is InChI=1S/C26H33NO4/c1-4-14-27-18-8-6-10-20(28)25(18)24(26-19(27)9-7-11-21(26)29)17-12-13-22(31-15-5-2)23(16-17)30-3/h12-13,16,24H,4-11,14-15H2,1-3H3. The number of ether oxygens (including phenoxy) is 2. The number of Topliss-reactive ketones (excluding diaryl/α,β-unsaturated/α-hetero) is 2. The van der Waals surface area contributed by atoms with Gasteiger partial charge in [-0.2, -0.15) is 0 Å². The van der Waals surface area contributed by atoms with Crippen LogP contribution in [0.2, 0.25) is 0 Å². The molecule has 5 nitrogen and oxygen atoms in total. The van der Waals surface area contributed by atoms with Crippen molar-refractivity contribution in [2.24, 2.45) is 0 Å². The predicted molar refractivity (Wildman–Crippen MR) is 120 cm³/mol. The Kier molecular flexibility index (Phi) is 6.49. The lowest BCUT2D eigenvalue weighted by molar-refractivity contribution is -0.117. The van der Waals surface area contributed by atoms with E-state index in [1.807, 2.05) is 18.2 Å². The van der Waals surface area contributed by atoms with Gasteiger partial charge in [0.1, 0.15) is 0 Å². The zero-order chi connectivity index (χ0) is 22.0. The number of rotatable bonds is 7. The van der Waals surface area contributed by atoms with Gasteiger partial charge in [0.2, 0.25) is 0 Å². The quantitative estimate of drug-likeness (QED) is 0.595. The van der Waals surface area contributed by atoms with Crippen molar-refractivity contribution in [3.05, 3.63) is 46.3 Å². The topological polar surface area (TPSA) is 55.8 Å². The van der Waals surface area contributed by atoms with Crippen molar-refractivity contribution in [1.29, 1.82) is 0 Å². The third kappa shape index (κ3) is 3.90. The van der Waals surface area contributed by atoms with Gasteiger partial charge in [-0.3, -0.25) is 9.59 Å². The predicted octanol–water partition coefficient (Wildman–Crippen LogP) is 5.31. The first-order valence-corrected chi connectivity index (χ1v) is 11.7. The van der Waals surface area contributed by atoms with Gasteiger partial charge in [-0.1, -0.05) is 19.9 Å². The highest BCUT2D eigenvalue weighted by Gasteiger charge is 2.43. The molecule has 4 rings (SSSR count). The van der Waals surface area contributed by atoms with Crippen LogP contribution in [0.15, 0.2) is 40.7 Å². The Labute approximate surface area is 185 Å². The molecule has 1 aromatic rings. The number of carbonyl (C=O) groups is 2. The van der Waals surface area contributed by atoms with E-state index >= 15 is 0 Å². The zero-order valence-electron chi connectivity index (χ0n) is 19.0. The van der Waals surface area contributed by atoms with E-state index in [0.29, 0.717) is 30.9 Å². The van der Waals surface area contributed by atoms with Crippen LogP contribution in [0.1, 0.15) is 76.7 Å². The summed E-state index contributed by atoms with van der Waals surface area (Å²) in [6.45, 7) is 5.70. The van der Waals surface area contributed by atoms with Crippen LogP contribution in [0.25, 0.3) is 0 Å². The lowest BCUT2D eigenvalue weighted by Crippen LogP contribution is -2.39. The summed E-state index contributed by atoms with van der Waals surface area (Å²) in [6, 6.07) is 5.89. The number of nitrogens with zero attached hydrogens (tertiary/aromatic N) is 1. The molecule has 1 aromatic carbocycles. The summed E-state index contributed by atoms with van der Waals surface area (Å²) in [4.78, 5) is 28.8. The Morgan fingerprint density at radius 1 is 0.903 bits per heavy atom. The molecule has 0 amide bonds. The molecular weight excluding hydrogens is 390 g/mol. The van der Waals surface area contributed by atoms with Crippen LogP contribution in [0, 0.1) is 0 Å². The van der Waals surface area contributed by atoms with Gasteiger partial charge in [0.05, 0.1) is 13.7 Å². The first kappa shape index (κ1) is 21.7. The average molecular weight is 424 g/mol. The molecule has 5 heteroatoms. The number of hydrogen-bond acceptors (Lipinski definition) is 5. The molecule has 1 heterocycles. The summed E-state index contributed by atoms with van der Waals surface area (Å²) in [5.41, 5.74) is 4.89. The molecule has 0 unspecified atom stereocenters. The Balaban J connectivity index is 1.88. The maximum absolute atomic E-state index is 13.2. The Morgan fingerprint density at radius 3 is 2.10 bits per heavy atom. The smallest absolute Gasteiger partial charge is 0.161 e. The van der Waals surface area contributed by atoms with Gasteiger partial charge in [0.25, 0.3) is 0 Å². The number of methoxy groups -OCH3 is 1. The van der Waals surface area contributed by atoms with Gasteiger partial charge >= 0.3 is 0 Å². The van der Waals surface area contributed by atoms with E-state index in [1.54, 1.807) is 7.11 Å². The summed E-state index contributed by atoms with van der Waals surface area (Å²) in [5, 5.41) is 0. The summed E-state index contributed by atoms with van der Waals surface area (Å²) in [7, 11) is 1.63. The first-order chi connectivity index (χ1) is 15.1. The van der Waals surface area contributed by atoms with Crippen molar-refractivity contribution < 1.29 is 19.1 Å². The molecule has 0 N–H and O–H groups in total. The van der Waals surface area contributed by atoms with Crippen LogP contribution in [-0.2, 0) is 9.59 Å². The third-order valence-corrected chi connectivity index (χ3v) is 6.52. The molecule has 0 spiro atoms. The van der Waals surface area contributed by atoms with Crippen LogP contribution < -0.4 is 9.47 Å². The SMILES string of the molecule is CCCOc1ccc(C2C3=C(CCCC3=O)N(CCC)C3=C2C(=O)CCC3)cc1OC. The van der Waals surface area contributed by atoms with E-state index in [2.05, 4.69) is 18.7 Å². The minimum Gasteiger partial charge on any atom is -0.493 e. The molecule has 1 aliphatic heterocycles. The molecule has 2 aliphatic carbocycles. The van der Waals surface area contributed by atoms with Gasteiger partial charge < -0.3 is 14.4 Å². The van der Waals surface area contributed by atoms with Gasteiger partial charge in [-0.05, 0) is 56.2 Å². The fourth-order valence-corrected chi connectivity index (χ4v) is 5.24. The van der Waals surface area contributed by atoms with Crippen LogP contribution in [-0.4, -0.2) is 36.7 Å². The van der Waals surface area contributed by atoms with E-state index < -0.39 is 0 Å². The molecule has 0 radical (unpaired) electrons. The van der Waals surface area contributed by atoms with Gasteiger partial charge in [-0.15, -0.1) is 0 Å². The minimum absolute atomic E-state index is 0.183. The summed E-state index contributed by atoms with van der Waals surface area (Å²) >= 11 is 0. The maximum atomic E-state index is 13.2. The van der Waals surface area contributed by atoms with Crippen LogP contribution in [0.4, 0.5) is 0 Å². The Hall–Kier alpha value is -2.56. The van der Waals surface area contributed by atoms with Crippen LogP contribution in [0.5, 0.6) is 11.5 Å². The highest BCUT2D eigenvalue weighted by Crippen LogP contribution is 2.50. The molecule has 0 fully saturated rings. The fourth-order valence-electron chi connectivity index (χ4n) is 5.24. The number of ketones is 2. The van der Waals surface area contributed by atoms with Crippen molar-refractivity contribution in [2.45, 2.75) is 71.1 Å². The zero-order valence-corrected chi connectivity index (χ0v) is 19.0. The second kappa shape index (κ2) is 9.29. The number of allylic oxidation sites excluding steroid dienone is 4. The summed E-state index contributed by atoms with van der Waals surface area (Å²) in [5.74, 6) is 1.42. The largest absolute Gasteiger partial charge is 0.493 e. The van der Waals surface area contributed by atoms with Gasteiger partial charge in [-0.25, -0.2) is 0 Å². The monoisotopic (exact) mass is 423 g/mol. The van der Waals surface area contributed by atoms with E-state index in [0.717, 1.165) is 73.2 Å². The molecule has 0 atom stereocenters. The summed E-state index contributed by atoms with van der Waals surface area (Å²) in [6.07, 6.45) is 6.58. The van der Waals surface area contributed by atoms with Crippen LogP contribution >= 0.6 is 0 Å². The normalized spacial score (nSPS) is 19.5. The summed E-state index contributed by atoms with van der Waals surface area (Å²) < 4.78 is 11.5. The second-order valence-electron chi connectivity index (χ2n) is 8.62. The van der Waals surface area contributed by atoms with E-state index in [1.165, 1.54) is 0 Å². The average Bonchev–Trinajstić information content (AvgIpc) is 2.78. The lowest BCUT2D eigenvalue weighted by Gasteiger charge is -2.44. The second-order valence-corrected chi connectivity index (χ2v) is 8.62. The Bertz CT molecular complexity index is 899. The van der Waals surface area contributed by atoms with Crippen molar-refractivity contribution in [1.82, 2.24) is 4.90 Å². The minimum atomic E-state index is -0.298. The number of benzene rings is 1. The third-order valence-electron chi connectivity index (χ3n) is 6.52. The van der Waals surface area contributed by atoms with Crippen molar-refractivity contribution in [2.75, 3.05) is 20.3 Å². The maximum Gasteiger partial charge on any atom is 0.161 e. The van der Waals surface area contributed by atoms with E-state index in [4.69, 9.17) is 9.47 Å². The number of hydrogen-bond donors (Lipinski definition) is 0. The number of carbonyl (C=O) groups excluding carboxylic acids is 2. The van der Waals surface area contributed by atoms with Gasteiger partial charge in [0, 0.05) is 47.8 Å². The van der Waals surface area contributed by atoms with Crippen LogP contribution in [0.3, 0.4) is 0 Å². The molecule has 31 heavy (non-hydrogen) atoms. The van der Waals surface area contributed by atoms with E-state index in [9.17, 15) is 9.59 Å². The molecule has 3 aliphatic rings. The molecule has 0 aromatic heterocycles. The molecule has 0 saturated carbocycles. The highest BCUT2D eigenvalue weighted by molar-refractivity contribution is 6.06. The van der Waals surface area contributed by atoms with Gasteiger partial charge in [0.15, 0.2) is 23.1 Å². The van der Waals surface area contributed by atoms with Crippen molar-refractivity contribution in [3.63, 3.8) is 0 Å². The van der Waals surface area contributed by atoms with Crippen molar-refractivity contribution in [3.8, 4) is 11.5 Å². The fraction of sp³-hybridized carbons (Fsp3) is 0.538. The lowest BCUT2D eigenvalue weighted by atomic mass is 9.71. The van der Waals surface area contributed by atoms with Crippen molar-refractivity contribution >= 4 is 11.6 Å². The molecule has 166 valence electrons. The Morgan fingerprint density at radius 2 is 1.55 bits per heavy atom. The molecular formula is C26H33NO4. The van der Waals surface area contributed by atoms with E-state index in [-0.39, 0.29) is 17.5 Å². The highest BCUT2D eigenvalue weighted by atomic mass is 16.5. The molecule has 0 saturated heterocycles. The first-order valence-electron chi connectivity index (χ1n) is 11.7. The molecule has 0 bridgehead atoms.